The number of rotatable bonds is 11. The van der Waals surface area contributed by atoms with Crippen LogP contribution in [0.25, 0.3) is 0 Å². The van der Waals surface area contributed by atoms with Crippen LogP contribution >= 0.6 is 0 Å². The van der Waals surface area contributed by atoms with Crippen molar-refractivity contribution >= 4 is 34.9 Å². The third kappa shape index (κ3) is 6.83. The SMILES string of the molecule is CC(C)c1ccc2c(c1)C(c1cnn(C(C)C)c1NC(=NC1CC1)c1ccc(F)cc1)(c1cnn(C(C)C)c1NC(=NC1CC1)c1ccc(F)cc1)C(=O)N2. The predicted molar refractivity (Wildman–Crippen MR) is 213 cm³/mol. The zero-order valence-corrected chi connectivity index (χ0v) is 32.1. The van der Waals surface area contributed by atoms with Gasteiger partial charge in [0.1, 0.15) is 40.4 Å². The first-order valence-corrected chi connectivity index (χ1v) is 19.3. The van der Waals surface area contributed by atoms with Gasteiger partial charge in [-0.2, -0.15) is 10.2 Å². The predicted octanol–water partition coefficient (Wildman–Crippen LogP) is 8.97. The van der Waals surface area contributed by atoms with Crippen LogP contribution in [-0.4, -0.2) is 49.2 Å². The van der Waals surface area contributed by atoms with E-state index in [4.69, 9.17) is 20.2 Å². The molecule has 12 heteroatoms. The molecule has 3 aromatic carbocycles. The number of nitrogens with one attached hydrogen (secondary N) is 3. The first-order valence-electron chi connectivity index (χ1n) is 19.3. The molecule has 2 aromatic heterocycles. The number of hydrogen-bond acceptors (Lipinski definition) is 5. The number of amides is 1. The summed E-state index contributed by atoms with van der Waals surface area (Å²) in [5.74, 6) is 1.56. The summed E-state index contributed by atoms with van der Waals surface area (Å²) in [7, 11) is 0. The van der Waals surface area contributed by atoms with E-state index in [2.05, 4.69) is 41.9 Å². The summed E-state index contributed by atoms with van der Waals surface area (Å²) in [5.41, 5.74) is 3.72. The third-order valence-corrected chi connectivity index (χ3v) is 10.5. The van der Waals surface area contributed by atoms with Crippen LogP contribution in [0, 0.1) is 11.6 Å². The Hall–Kier alpha value is -5.65. The van der Waals surface area contributed by atoms with Crippen molar-refractivity contribution in [3.05, 3.63) is 124 Å². The van der Waals surface area contributed by atoms with E-state index in [0.29, 0.717) is 40.1 Å². The molecule has 3 N–H and O–H groups in total. The summed E-state index contributed by atoms with van der Waals surface area (Å²) >= 11 is 0. The van der Waals surface area contributed by atoms with Crippen LogP contribution in [0.2, 0.25) is 0 Å². The number of benzene rings is 3. The molecule has 284 valence electrons. The van der Waals surface area contributed by atoms with E-state index in [1.54, 1.807) is 36.7 Å². The Labute approximate surface area is 320 Å². The van der Waals surface area contributed by atoms with Crippen LogP contribution in [0.15, 0.2) is 89.1 Å². The van der Waals surface area contributed by atoms with Gasteiger partial charge in [-0.15, -0.1) is 0 Å². The van der Waals surface area contributed by atoms with Gasteiger partial charge in [0.15, 0.2) is 0 Å². The van der Waals surface area contributed by atoms with Gasteiger partial charge in [0.05, 0.1) is 24.5 Å². The van der Waals surface area contributed by atoms with Gasteiger partial charge < -0.3 is 16.0 Å². The molecular weight excluding hydrogens is 697 g/mol. The zero-order valence-electron chi connectivity index (χ0n) is 32.1. The second-order valence-electron chi connectivity index (χ2n) is 15.7. The lowest BCUT2D eigenvalue weighted by Crippen LogP contribution is -2.39. The first kappa shape index (κ1) is 36.3. The molecule has 2 aliphatic carbocycles. The Kier molecular flexibility index (Phi) is 9.39. The number of amidine groups is 2. The van der Waals surface area contributed by atoms with Crippen LogP contribution in [0.5, 0.6) is 0 Å². The van der Waals surface area contributed by atoms with E-state index in [1.807, 2.05) is 43.1 Å². The van der Waals surface area contributed by atoms with Gasteiger partial charge in [-0.3, -0.25) is 14.8 Å². The molecule has 0 radical (unpaired) electrons. The fourth-order valence-electron chi connectivity index (χ4n) is 7.23. The van der Waals surface area contributed by atoms with Gasteiger partial charge in [0.25, 0.3) is 0 Å². The summed E-state index contributed by atoms with van der Waals surface area (Å²) in [6.07, 6.45) is 7.39. The summed E-state index contributed by atoms with van der Waals surface area (Å²) in [4.78, 5) is 25.4. The van der Waals surface area contributed by atoms with Crippen molar-refractivity contribution in [2.24, 2.45) is 9.98 Å². The molecule has 2 saturated carbocycles. The average Bonchev–Trinajstić information content (AvgIpc) is 4.05. The molecule has 5 aromatic rings. The van der Waals surface area contributed by atoms with Crippen molar-refractivity contribution in [3.63, 3.8) is 0 Å². The monoisotopic (exact) mass is 743 g/mol. The van der Waals surface area contributed by atoms with Gasteiger partial charge in [0.2, 0.25) is 5.91 Å². The van der Waals surface area contributed by atoms with Gasteiger partial charge in [-0.25, -0.2) is 18.1 Å². The number of fused-ring (bicyclic) bond motifs is 1. The van der Waals surface area contributed by atoms with Crippen LogP contribution in [0.4, 0.5) is 26.1 Å². The maximum absolute atomic E-state index is 15.3. The Morgan fingerprint density at radius 3 is 1.56 bits per heavy atom. The molecule has 1 aliphatic heterocycles. The third-order valence-electron chi connectivity index (χ3n) is 10.5. The minimum absolute atomic E-state index is 0.110. The van der Waals surface area contributed by atoms with E-state index >= 15 is 4.79 Å². The van der Waals surface area contributed by atoms with E-state index in [9.17, 15) is 8.78 Å². The molecule has 0 spiro atoms. The highest BCUT2D eigenvalue weighted by Crippen LogP contribution is 2.53. The molecule has 2 fully saturated rings. The summed E-state index contributed by atoms with van der Waals surface area (Å²) < 4.78 is 32.1. The van der Waals surface area contributed by atoms with Crippen molar-refractivity contribution in [1.29, 1.82) is 0 Å². The van der Waals surface area contributed by atoms with Crippen molar-refractivity contribution in [3.8, 4) is 0 Å². The highest BCUT2D eigenvalue weighted by atomic mass is 19.1. The van der Waals surface area contributed by atoms with Gasteiger partial charge >= 0.3 is 0 Å². The molecular formula is C43H47F2N9O. The first-order chi connectivity index (χ1) is 26.4. The van der Waals surface area contributed by atoms with Crippen molar-refractivity contribution in [2.45, 2.75) is 103 Å². The minimum Gasteiger partial charge on any atom is -0.325 e. The quantitative estimate of drug-likeness (QED) is 0.0924. The smallest absolute Gasteiger partial charge is 0.244 e. The van der Waals surface area contributed by atoms with Crippen LogP contribution in [-0.2, 0) is 10.2 Å². The Bertz CT molecular complexity index is 2170. The minimum atomic E-state index is -1.47. The van der Waals surface area contributed by atoms with E-state index in [0.717, 1.165) is 47.9 Å². The molecule has 8 rings (SSSR count). The summed E-state index contributed by atoms with van der Waals surface area (Å²) in [6.45, 7) is 12.4. The average molecular weight is 744 g/mol. The number of carbonyl (C=O) groups excluding carboxylic acids is 1. The normalized spacial score (nSPS) is 18.7. The molecule has 3 aliphatic rings. The second kappa shape index (κ2) is 14.2. The molecule has 0 saturated heterocycles. The second-order valence-corrected chi connectivity index (χ2v) is 15.7. The van der Waals surface area contributed by atoms with Gasteiger partial charge in [-0.05, 0) is 119 Å². The lowest BCUT2D eigenvalue weighted by molar-refractivity contribution is -0.118. The number of hydrogen-bond donors (Lipinski definition) is 3. The molecule has 1 amide bonds. The Balaban J connectivity index is 1.39. The summed E-state index contributed by atoms with van der Waals surface area (Å²) in [5, 5.41) is 20.4. The fraction of sp³-hybridized carbons (Fsp3) is 0.372. The van der Waals surface area contributed by atoms with Gasteiger partial charge in [-0.1, -0.05) is 26.0 Å². The maximum Gasteiger partial charge on any atom is 0.244 e. The molecule has 10 nitrogen and oxygen atoms in total. The topological polar surface area (TPSA) is 114 Å². The lowest BCUT2D eigenvalue weighted by atomic mass is 9.70. The zero-order chi connectivity index (χ0) is 38.6. The standard InChI is InChI=1S/C43H47F2N9O/c1-24(2)29-11-20-37-34(21-29)43(42(55)50-37,35-22-46-53(25(3)4)40(35)51-38(48-32-16-17-32)27-7-12-30(44)13-8-27)36-23-47-54(26(5)6)41(36)52-39(49-33-18-19-33)28-9-14-31(45)15-10-28/h7-15,20-26,32-33H,16-19H2,1-6H3,(H,48,51)(H,49,52)(H,50,55). The van der Waals surface area contributed by atoms with Crippen molar-refractivity contribution in [2.75, 3.05) is 16.0 Å². The molecule has 55 heavy (non-hydrogen) atoms. The van der Waals surface area contributed by atoms with Crippen LogP contribution < -0.4 is 16.0 Å². The molecule has 0 atom stereocenters. The number of aliphatic imine (C=N–C) groups is 2. The van der Waals surface area contributed by atoms with E-state index < -0.39 is 5.41 Å². The highest BCUT2D eigenvalue weighted by Gasteiger charge is 2.55. The van der Waals surface area contributed by atoms with Crippen LogP contribution in [0.1, 0.15) is 119 Å². The molecule has 3 heterocycles. The largest absolute Gasteiger partial charge is 0.325 e. The number of carbonyl (C=O) groups is 1. The molecule has 0 unspecified atom stereocenters. The summed E-state index contributed by atoms with van der Waals surface area (Å²) in [6, 6.07) is 18.8. The van der Waals surface area contributed by atoms with E-state index in [-0.39, 0.29) is 47.6 Å². The Morgan fingerprint density at radius 1 is 0.709 bits per heavy atom. The maximum atomic E-state index is 15.3. The van der Waals surface area contributed by atoms with Crippen molar-refractivity contribution < 1.29 is 13.6 Å². The van der Waals surface area contributed by atoms with Gasteiger partial charge in [0, 0.05) is 45.6 Å². The number of halogens is 2. The van der Waals surface area contributed by atoms with E-state index in [1.165, 1.54) is 24.3 Å². The number of nitrogens with zero attached hydrogens (tertiary/aromatic N) is 6. The molecule has 0 bridgehead atoms. The Morgan fingerprint density at radius 2 is 1.16 bits per heavy atom. The number of aromatic nitrogens is 4. The highest BCUT2D eigenvalue weighted by molar-refractivity contribution is 6.16. The number of anilines is 3. The fourth-order valence-corrected chi connectivity index (χ4v) is 7.23. The van der Waals surface area contributed by atoms with Crippen molar-refractivity contribution in [1.82, 2.24) is 19.6 Å². The van der Waals surface area contributed by atoms with Crippen LogP contribution in [0.3, 0.4) is 0 Å². The lowest BCUT2D eigenvalue weighted by Gasteiger charge is -2.30.